The topological polar surface area (TPSA) is 60.0 Å². The predicted octanol–water partition coefficient (Wildman–Crippen LogP) is 1.99. The van der Waals surface area contributed by atoms with Gasteiger partial charge in [-0.25, -0.2) is 4.79 Å². The van der Waals surface area contributed by atoms with E-state index >= 15 is 0 Å². The molecule has 6 heteroatoms. The largest absolute Gasteiger partial charge is 0.496 e. The molecule has 1 N–H and O–H groups in total. The number of carbonyl (C=O) groups is 1. The zero-order valence-corrected chi connectivity index (χ0v) is 13.5. The molecule has 1 aromatic rings. The van der Waals surface area contributed by atoms with E-state index in [0.717, 1.165) is 37.2 Å². The number of hydrogen-bond acceptors (Lipinski definition) is 4. The second-order valence-electron chi connectivity index (χ2n) is 5.91. The highest BCUT2D eigenvalue weighted by atomic mass is 16.7. The lowest BCUT2D eigenvalue weighted by Crippen LogP contribution is -2.45. The number of nitrogens with one attached hydrogen (secondary N) is 1. The number of methoxy groups -OCH3 is 1. The minimum Gasteiger partial charge on any atom is -0.496 e. The molecule has 0 bridgehead atoms. The standard InChI is InChI=1S/C17H24N2O4/c1-21-15-5-3-2-4-14(15)12-18-17(20)19-8-6-13(7-9-19)16-22-10-11-23-16/h2-5,13,16H,6-12H2,1H3,(H,18,20). The van der Waals surface area contributed by atoms with Gasteiger partial charge in [-0.2, -0.15) is 0 Å². The minimum absolute atomic E-state index is 0.0254. The van der Waals surface area contributed by atoms with Crippen LogP contribution in [0.5, 0.6) is 5.75 Å². The van der Waals surface area contributed by atoms with Gasteiger partial charge in [-0.15, -0.1) is 0 Å². The molecule has 0 spiro atoms. The monoisotopic (exact) mass is 320 g/mol. The lowest BCUT2D eigenvalue weighted by molar-refractivity contribution is -0.0952. The number of urea groups is 1. The lowest BCUT2D eigenvalue weighted by atomic mass is 9.96. The van der Waals surface area contributed by atoms with E-state index in [1.165, 1.54) is 0 Å². The zero-order chi connectivity index (χ0) is 16.1. The first-order chi connectivity index (χ1) is 11.3. The average molecular weight is 320 g/mol. The van der Waals surface area contributed by atoms with Crippen LogP contribution < -0.4 is 10.1 Å². The Bertz CT molecular complexity index is 523. The third-order valence-electron chi connectivity index (χ3n) is 4.48. The van der Waals surface area contributed by atoms with Crippen LogP contribution in [0.15, 0.2) is 24.3 Å². The van der Waals surface area contributed by atoms with E-state index in [9.17, 15) is 4.79 Å². The van der Waals surface area contributed by atoms with Gasteiger partial charge in [0.1, 0.15) is 5.75 Å². The van der Waals surface area contributed by atoms with Gasteiger partial charge in [0.05, 0.1) is 20.3 Å². The maximum atomic E-state index is 12.3. The van der Waals surface area contributed by atoms with Gasteiger partial charge in [0, 0.05) is 31.1 Å². The molecule has 0 atom stereocenters. The lowest BCUT2D eigenvalue weighted by Gasteiger charge is -2.33. The molecule has 3 rings (SSSR count). The summed E-state index contributed by atoms with van der Waals surface area (Å²) in [7, 11) is 1.64. The van der Waals surface area contributed by atoms with E-state index in [1.807, 2.05) is 29.2 Å². The van der Waals surface area contributed by atoms with Gasteiger partial charge in [-0.3, -0.25) is 0 Å². The number of ether oxygens (including phenoxy) is 3. The Balaban J connectivity index is 1.46. The highest BCUT2D eigenvalue weighted by Gasteiger charge is 2.31. The molecule has 0 aromatic heterocycles. The molecule has 0 radical (unpaired) electrons. The zero-order valence-electron chi connectivity index (χ0n) is 13.5. The van der Waals surface area contributed by atoms with Crippen LogP contribution in [0.3, 0.4) is 0 Å². The number of piperidine rings is 1. The molecule has 126 valence electrons. The Morgan fingerprint density at radius 2 is 1.96 bits per heavy atom. The first kappa shape index (κ1) is 16.1. The van der Waals surface area contributed by atoms with Gasteiger partial charge < -0.3 is 24.4 Å². The van der Waals surface area contributed by atoms with Crippen molar-refractivity contribution in [1.82, 2.24) is 10.2 Å². The quantitative estimate of drug-likeness (QED) is 0.922. The van der Waals surface area contributed by atoms with Crippen LogP contribution >= 0.6 is 0 Å². The van der Waals surface area contributed by atoms with Crippen molar-refractivity contribution in [3.8, 4) is 5.75 Å². The number of hydrogen-bond donors (Lipinski definition) is 1. The molecule has 23 heavy (non-hydrogen) atoms. The molecule has 2 amide bonds. The second-order valence-corrected chi connectivity index (χ2v) is 5.91. The van der Waals surface area contributed by atoms with Gasteiger partial charge in [-0.1, -0.05) is 18.2 Å². The van der Waals surface area contributed by atoms with Crippen molar-refractivity contribution in [3.63, 3.8) is 0 Å². The Morgan fingerprint density at radius 1 is 1.26 bits per heavy atom. The van der Waals surface area contributed by atoms with E-state index in [2.05, 4.69) is 5.32 Å². The molecule has 2 saturated heterocycles. The molecule has 2 aliphatic rings. The summed E-state index contributed by atoms with van der Waals surface area (Å²) in [6.07, 6.45) is 1.77. The molecule has 0 unspecified atom stereocenters. The Kier molecular flexibility index (Phi) is 5.35. The molecule has 0 saturated carbocycles. The van der Waals surface area contributed by atoms with Crippen LogP contribution in [-0.4, -0.2) is 50.6 Å². The van der Waals surface area contributed by atoms with Crippen molar-refractivity contribution in [2.24, 2.45) is 5.92 Å². The van der Waals surface area contributed by atoms with Crippen LogP contribution in [-0.2, 0) is 16.0 Å². The molecular formula is C17H24N2O4. The summed E-state index contributed by atoms with van der Waals surface area (Å²) in [5, 5.41) is 2.97. The number of benzene rings is 1. The molecular weight excluding hydrogens is 296 g/mol. The number of para-hydroxylation sites is 1. The van der Waals surface area contributed by atoms with Crippen molar-refractivity contribution >= 4 is 6.03 Å². The van der Waals surface area contributed by atoms with E-state index < -0.39 is 0 Å². The van der Waals surface area contributed by atoms with Crippen molar-refractivity contribution in [2.45, 2.75) is 25.7 Å². The number of likely N-dealkylation sites (tertiary alicyclic amines) is 1. The smallest absolute Gasteiger partial charge is 0.317 e. The summed E-state index contributed by atoms with van der Waals surface area (Å²) in [5.41, 5.74) is 0.978. The van der Waals surface area contributed by atoms with E-state index in [4.69, 9.17) is 14.2 Å². The average Bonchev–Trinajstić information content (AvgIpc) is 3.14. The minimum atomic E-state index is -0.0752. The van der Waals surface area contributed by atoms with Crippen molar-refractivity contribution < 1.29 is 19.0 Å². The first-order valence-corrected chi connectivity index (χ1v) is 8.16. The molecule has 1 aromatic carbocycles. The van der Waals surface area contributed by atoms with Crippen molar-refractivity contribution in [3.05, 3.63) is 29.8 Å². The SMILES string of the molecule is COc1ccccc1CNC(=O)N1CCC(C2OCCO2)CC1. The van der Waals surface area contributed by atoms with Gasteiger partial charge in [0.2, 0.25) is 0 Å². The third kappa shape index (κ3) is 3.95. The van der Waals surface area contributed by atoms with Gasteiger partial charge in [0.15, 0.2) is 6.29 Å². The Labute approximate surface area is 136 Å². The Morgan fingerprint density at radius 3 is 2.65 bits per heavy atom. The summed E-state index contributed by atoms with van der Waals surface area (Å²) in [6, 6.07) is 7.69. The third-order valence-corrected chi connectivity index (χ3v) is 4.48. The normalized spacial score (nSPS) is 19.8. The first-order valence-electron chi connectivity index (χ1n) is 8.16. The summed E-state index contributed by atoms with van der Waals surface area (Å²) in [5.74, 6) is 1.19. The summed E-state index contributed by atoms with van der Waals surface area (Å²) in [6.45, 7) is 3.32. The highest BCUT2D eigenvalue weighted by molar-refractivity contribution is 5.74. The summed E-state index contributed by atoms with van der Waals surface area (Å²) >= 11 is 0. The highest BCUT2D eigenvalue weighted by Crippen LogP contribution is 2.25. The number of rotatable bonds is 4. The van der Waals surface area contributed by atoms with Crippen molar-refractivity contribution in [1.29, 1.82) is 0 Å². The van der Waals surface area contributed by atoms with Crippen LogP contribution in [0.2, 0.25) is 0 Å². The fourth-order valence-corrected chi connectivity index (χ4v) is 3.16. The number of carbonyl (C=O) groups excluding carboxylic acids is 1. The van der Waals surface area contributed by atoms with E-state index in [0.29, 0.717) is 25.7 Å². The molecule has 2 aliphatic heterocycles. The molecule has 6 nitrogen and oxygen atoms in total. The van der Waals surface area contributed by atoms with Crippen LogP contribution in [0.4, 0.5) is 4.79 Å². The fourth-order valence-electron chi connectivity index (χ4n) is 3.16. The van der Waals surface area contributed by atoms with Crippen LogP contribution in [0.1, 0.15) is 18.4 Å². The van der Waals surface area contributed by atoms with Crippen molar-refractivity contribution in [2.75, 3.05) is 33.4 Å². The fraction of sp³-hybridized carbons (Fsp3) is 0.588. The number of nitrogens with zero attached hydrogens (tertiary/aromatic N) is 1. The second kappa shape index (κ2) is 7.66. The van der Waals surface area contributed by atoms with Gasteiger partial charge >= 0.3 is 6.03 Å². The maximum Gasteiger partial charge on any atom is 0.317 e. The Hall–Kier alpha value is -1.79. The van der Waals surface area contributed by atoms with Crippen LogP contribution in [0.25, 0.3) is 0 Å². The van der Waals surface area contributed by atoms with E-state index in [-0.39, 0.29) is 12.3 Å². The van der Waals surface area contributed by atoms with E-state index in [1.54, 1.807) is 7.11 Å². The van der Waals surface area contributed by atoms with Gasteiger partial charge in [0.25, 0.3) is 0 Å². The maximum absolute atomic E-state index is 12.3. The van der Waals surface area contributed by atoms with Gasteiger partial charge in [-0.05, 0) is 18.9 Å². The summed E-state index contributed by atoms with van der Waals surface area (Å²) in [4.78, 5) is 14.2. The molecule has 2 heterocycles. The molecule has 0 aliphatic carbocycles. The predicted molar refractivity (Wildman–Crippen MR) is 85.2 cm³/mol. The van der Waals surface area contributed by atoms with Crippen LogP contribution in [0, 0.1) is 5.92 Å². The molecule has 2 fully saturated rings. The summed E-state index contributed by atoms with van der Waals surface area (Å²) < 4.78 is 16.4. The number of amides is 2.